The number of fused-ring (bicyclic) bond motifs is 2. The molecule has 0 fully saturated rings. The van der Waals surface area contributed by atoms with Gasteiger partial charge in [0.2, 0.25) is 5.70 Å². The average molecular weight is 613 g/mol. The van der Waals surface area contributed by atoms with E-state index >= 15 is 0 Å². The number of aryl methyl sites for hydroxylation is 1. The summed E-state index contributed by atoms with van der Waals surface area (Å²) in [6.07, 6.45) is -4.94. The molecule has 3 aromatic carbocycles. The first-order valence-corrected chi connectivity index (χ1v) is 13.1. The fraction of sp³-hybridized carbons (Fsp3) is 0.0556. The Morgan fingerprint density at radius 3 is 1.79 bits per heavy atom. The van der Waals surface area contributed by atoms with Crippen LogP contribution in [0.25, 0.3) is 52.9 Å². The molecule has 0 saturated heterocycles. The fourth-order valence-electron chi connectivity index (χ4n) is 5.68. The van der Waals surface area contributed by atoms with E-state index in [-0.39, 0.29) is 67.1 Å². The van der Waals surface area contributed by atoms with Crippen LogP contribution < -0.4 is 0 Å². The molecule has 0 aromatic heterocycles. The van der Waals surface area contributed by atoms with Gasteiger partial charge >= 0.3 is 6.18 Å². The van der Waals surface area contributed by atoms with Crippen molar-refractivity contribution in [2.75, 3.05) is 0 Å². The van der Waals surface area contributed by atoms with Gasteiger partial charge in [0.15, 0.2) is 5.69 Å². The SMILES string of the molecule is [C-]#[N+]C1=C(c2ccc(C)c([N+]#[C-])c2)/C(=C(/C#N)[N+]#[C-])c2cc3c(cc21)C(C#N)=C(c1ccc(C#N)c(C(F)(F)F)c1)/C3=C(\C#N)[N+]#[C-]. The Hall–Kier alpha value is -7.67. The summed E-state index contributed by atoms with van der Waals surface area (Å²) in [6, 6.07) is 17.5. The Morgan fingerprint density at radius 1 is 0.681 bits per heavy atom. The Morgan fingerprint density at radius 2 is 1.26 bits per heavy atom. The largest absolute Gasteiger partial charge is 0.417 e. The van der Waals surface area contributed by atoms with Crippen LogP contribution in [0.3, 0.4) is 0 Å². The van der Waals surface area contributed by atoms with E-state index in [4.69, 9.17) is 26.3 Å². The van der Waals surface area contributed by atoms with Crippen LogP contribution in [0.1, 0.15) is 50.1 Å². The van der Waals surface area contributed by atoms with Crippen LogP contribution in [-0.2, 0) is 6.18 Å². The summed E-state index contributed by atoms with van der Waals surface area (Å²) >= 11 is 0. The summed E-state index contributed by atoms with van der Waals surface area (Å²) in [7, 11) is 0. The highest BCUT2D eigenvalue weighted by molar-refractivity contribution is 6.29. The molecular formula is C36H11F3N8. The van der Waals surface area contributed by atoms with Crippen LogP contribution in [0, 0.1) is 78.5 Å². The molecule has 0 radical (unpaired) electrons. The topological polar surface area (TPSA) is 113 Å². The van der Waals surface area contributed by atoms with Gasteiger partial charge in [-0.05, 0) is 86.9 Å². The van der Waals surface area contributed by atoms with Gasteiger partial charge in [-0.2, -0.15) is 23.7 Å². The molecule has 0 aliphatic heterocycles. The lowest BCUT2D eigenvalue weighted by Crippen LogP contribution is -2.08. The number of hydrogen-bond acceptors (Lipinski definition) is 4. The lowest BCUT2D eigenvalue weighted by atomic mass is 9.90. The quantitative estimate of drug-likeness (QED) is 0.212. The van der Waals surface area contributed by atoms with Crippen LogP contribution >= 0.6 is 0 Å². The van der Waals surface area contributed by atoms with E-state index in [1.807, 2.05) is 12.1 Å². The van der Waals surface area contributed by atoms with E-state index in [0.717, 1.165) is 6.07 Å². The normalized spacial score (nSPS) is 15.0. The number of halogens is 3. The highest BCUT2D eigenvalue weighted by Crippen LogP contribution is 2.55. The summed E-state index contributed by atoms with van der Waals surface area (Å²) in [6.45, 7) is 32.7. The average Bonchev–Trinajstić information content (AvgIpc) is 3.56. The predicted octanol–water partition coefficient (Wildman–Crippen LogP) is 8.99. The van der Waals surface area contributed by atoms with Gasteiger partial charge in [0.25, 0.3) is 11.4 Å². The van der Waals surface area contributed by atoms with Gasteiger partial charge in [-0.1, -0.05) is 24.3 Å². The summed E-state index contributed by atoms with van der Waals surface area (Å²) in [5, 5.41) is 39.6. The standard InChI is InChI=1S/C36H11F3N8/c1-18-6-7-20(11-28(18)44-2)32-34(30(17-43)46-4)24-13-23-22(12-25(24)35(32)47-5)26(15-41)31(33(23)29(16-42)45-3)19-8-9-21(14-40)27(10-19)36(37,38)39/h6-13H,1H3/b33-29+,34-30-. The molecule has 0 unspecified atom stereocenters. The second-order valence-electron chi connectivity index (χ2n) is 10.0. The lowest BCUT2D eigenvalue weighted by molar-refractivity contribution is -0.137. The first-order chi connectivity index (χ1) is 22.5. The molecule has 0 heterocycles. The molecule has 216 valence electrons. The highest BCUT2D eigenvalue weighted by Gasteiger charge is 2.39. The first kappa shape index (κ1) is 30.8. The molecular weight excluding hydrogens is 601 g/mol. The fourth-order valence-corrected chi connectivity index (χ4v) is 5.68. The maximum absolute atomic E-state index is 14.0. The molecule has 0 atom stereocenters. The molecule has 0 saturated carbocycles. The van der Waals surface area contributed by atoms with Crippen molar-refractivity contribution in [2.24, 2.45) is 0 Å². The maximum atomic E-state index is 14.0. The Kier molecular flexibility index (Phi) is 7.49. The second-order valence-corrected chi connectivity index (χ2v) is 10.0. The number of benzene rings is 3. The number of hydrogen-bond donors (Lipinski definition) is 0. The minimum Gasteiger partial charge on any atom is -0.238 e. The van der Waals surface area contributed by atoms with Crippen LogP contribution in [0.4, 0.5) is 18.9 Å². The van der Waals surface area contributed by atoms with E-state index < -0.39 is 28.7 Å². The first-order valence-electron chi connectivity index (χ1n) is 13.1. The zero-order chi connectivity index (χ0) is 34.2. The number of nitrogens with zero attached hydrogens (tertiary/aromatic N) is 8. The predicted molar refractivity (Wildman–Crippen MR) is 164 cm³/mol. The molecule has 5 rings (SSSR count). The minimum absolute atomic E-state index is 0.00586. The second kappa shape index (κ2) is 11.4. The van der Waals surface area contributed by atoms with Gasteiger partial charge in [0, 0.05) is 5.57 Å². The molecule has 2 aliphatic rings. The minimum atomic E-state index is -4.94. The Bertz CT molecular complexity index is 2450. The van der Waals surface area contributed by atoms with Gasteiger partial charge in [-0.25, -0.2) is 29.9 Å². The maximum Gasteiger partial charge on any atom is 0.417 e. The number of alkyl halides is 3. The van der Waals surface area contributed by atoms with Crippen LogP contribution in [-0.4, -0.2) is 0 Å². The summed E-state index contributed by atoms with van der Waals surface area (Å²) in [5.74, 6) is 0. The number of allylic oxidation sites excluding steroid dienone is 7. The van der Waals surface area contributed by atoms with Crippen LogP contribution in [0.2, 0.25) is 0 Å². The molecule has 8 nitrogen and oxygen atoms in total. The van der Waals surface area contributed by atoms with Crippen molar-refractivity contribution >= 4 is 39.2 Å². The van der Waals surface area contributed by atoms with Crippen molar-refractivity contribution in [1.82, 2.24) is 0 Å². The molecule has 2 aliphatic carbocycles. The summed E-state index contributed by atoms with van der Waals surface area (Å²) < 4.78 is 41.9. The monoisotopic (exact) mass is 612 g/mol. The van der Waals surface area contributed by atoms with Gasteiger partial charge in [-0.3, -0.25) is 0 Å². The summed E-state index contributed by atoms with van der Waals surface area (Å²) in [5.41, 5.74) is -1.41. The van der Waals surface area contributed by atoms with Gasteiger partial charge in [0.05, 0.1) is 61.2 Å². The van der Waals surface area contributed by atoms with Gasteiger partial charge in [0.1, 0.15) is 6.07 Å². The lowest BCUT2D eigenvalue weighted by Gasteiger charge is -2.14. The van der Waals surface area contributed by atoms with E-state index in [2.05, 4.69) is 19.4 Å². The molecule has 0 bridgehead atoms. The van der Waals surface area contributed by atoms with Crippen molar-refractivity contribution in [1.29, 1.82) is 21.0 Å². The van der Waals surface area contributed by atoms with Crippen molar-refractivity contribution in [3.05, 3.63) is 156 Å². The summed E-state index contributed by atoms with van der Waals surface area (Å²) in [4.78, 5) is 13.9. The van der Waals surface area contributed by atoms with Crippen LogP contribution in [0.5, 0.6) is 0 Å². The van der Waals surface area contributed by atoms with Crippen molar-refractivity contribution in [2.45, 2.75) is 13.1 Å². The Balaban J connectivity index is 1.94. The van der Waals surface area contributed by atoms with Gasteiger partial charge < -0.3 is 0 Å². The number of rotatable bonds is 2. The molecule has 0 N–H and O–H groups in total. The zero-order valence-electron chi connectivity index (χ0n) is 23.8. The van der Waals surface area contributed by atoms with E-state index in [9.17, 15) is 34.2 Å². The zero-order valence-corrected chi connectivity index (χ0v) is 23.8. The van der Waals surface area contributed by atoms with Crippen molar-refractivity contribution in [3.8, 4) is 24.3 Å². The molecule has 0 spiro atoms. The third kappa shape index (κ3) is 4.65. The highest BCUT2D eigenvalue weighted by atomic mass is 19.4. The van der Waals surface area contributed by atoms with E-state index in [1.165, 1.54) is 30.3 Å². The molecule has 3 aromatic rings. The number of nitriles is 4. The van der Waals surface area contributed by atoms with Crippen molar-refractivity contribution < 1.29 is 13.2 Å². The third-order valence-corrected chi connectivity index (χ3v) is 7.69. The van der Waals surface area contributed by atoms with E-state index in [0.29, 0.717) is 17.2 Å². The molecule has 11 heteroatoms. The molecule has 0 amide bonds. The molecule has 47 heavy (non-hydrogen) atoms. The van der Waals surface area contributed by atoms with E-state index in [1.54, 1.807) is 25.1 Å². The van der Waals surface area contributed by atoms with Gasteiger partial charge in [-0.15, -0.1) is 0 Å². The smallest absolute Gasteiger partial charge is 0.238 e. The Labute approximate surface area is 266 Å². The van der Waals surface area contributed by atoms with Crippen LogP contribution in [0.15, 0.2) is 59.9 Å². The third-order valence-electron chi connectivity index (χ3n) is 7.69. The van der Waals surface area contributed by atoms with Crippen molar-refractivity contribution in [3.63, 3.8) is 0 Å².